The van der Waals surface area contributed by atoms with Gasteiger partial charge in [-0.25, -0.2) is 0 Å². The third kappa shape index (κ3) is 4.14. The van der Waals surface area contributed by atoms with Gasteiger partial charge in [-0.3, -0.25) is 4.79 Å². The molecule has 1 aliphatic heterocycles. The van der Waals surface area contributed by atoms with E-state index in [2.05, 4.69) is 64.2 Å². The van der Waals surface area contributed by atoms with Crippen molar-refractivity contribution in [3.63, 3.8) is 0 Å². The van der Waals surface area contributed by atoms with Crippen molar-refractivity contribution in [2.45, 2.75) is 13.3 Å². The monoisotopic (exact) mass is 372 g/mol. The molecule has 2 aromatic rings. The van der Waals surface area contributed by atoms with Crippen molar-refractivity contribution < 1.29 is 4.79 Å². The molecular formula is C19H21BrN2O. The fourth-order valence-corrected chi connectivity index (χ4v) is 3.12. The molecule has 1 saturated heterocycles. The number of hydrogen-bond acceptors (Lipinski definition) is 2. The Morgan fingerprint density at radius 3 is 2.17 bits per heavy atom. The highest BCUT2D eigenvalue weighted by molar-refractivity contribution is 9.10. The topological polar surface area (TPSA) is 23.6 Å². The van der Waals surface area contributed by atoms with Gasteiger partial charge in [0.25, 0.3) is 0 Å². The molecule has 0 saturated carbocycles. The van der Waals surface area contributed by atoms with E-state index in [1.54, 1.807) is 0 Å². The Labute approximate surface area is 146 Å². The molecule has 0 atom stereocenters. The van der Waals surface area contributed by atoms with Crippen molar-refractivity contribution in [1.82, 2.24) is 4.90 Å². The Bertz CT molecular complexity index is 659. The minimum Gasteiger partial charge on any atom is -0.368 e. The number of halogens is 1. The summed E-state index contributed by atoms with van der Waals surface area (Å²) in [6.45, 7) is 5.43. The molecule has 1 fully saturated rings. The molecule has 0 spiro atoms. The average molecular weight is 373 g/mol. The van der Waals surface area contributed by atoms with Gasteiger partial charge in [0, 0.05) is 36.3 Å². The van der Waals surface area contributed by atoms with Crippen molar-refractivity contribution >= 4 is 27.5 Å². The Morgan fingerprint density at radius 2 is 1.57 bits per heavy atom. The predicted molar refractivity (Wildman–Crippen MR) is 97.8 cm³/mol. The number of amides is 1. The van der Waals surface area contributed by atoms with Crippen LogP contribution in [0.3, 0.4) is 0 Å². The first-order valence-corrected chi connectivity index (χ1v) is 8.75. The zero-order chi connectivity index (χ0) is 16.2. The normalized spacial score (nSPS) is 14.9. The Hall–Kier alpha value is -1.81. The molecule has 1 amide bonds. The molecule has 3 rings (SSSR count). The van der Waals surface area contributed by atoms with Crippen LogP contribution in [0.4, 0.5) is 5.69 Å². The second-order valence-corrected chi connectivity index (χ2v) is 6.92. The van der Waals surface area contributed by atoms with Crippen molar-refractivity contribution in [3.8, 4) is 0 Å². The standard InChI is InChI=1S/C19H21BrN2O/c1-15-2-4-16(5-3-15)14-19(23)22-12-10-21(11-13-22)18-8-6-17(20)7-9-18/h2-9H,10-14H2,1H3. The number of rotatable bonds is 3. The summed E-state index contributed by atoms with van der Waals surface area (Å²) in [7, 11) is 0. The van der Waals surface area contributed by atoms with Crippen LogP contribution < -0.4 is 4.90 Å². The van der Waals surface area contributed by atoms with Gasteiger partial charge >= 0.3 is 0 Å². The third-order valence-corrected chi connectivity index (χ3v) is 4.83. The lowest BCUT2D eigenvalue weighted by Crippen LogP contribution is -2.49. The van der Waals surface area contributed by atoms with Gasteiger partial charge in [0.05, 0.1) is 6.42 Å². The molecule has 2 aromatic carbocycles. The second kappa shape index (κ2) is 7.18. The first-order valence-electron chi connectivity index (χ1n) is 7.96. The predicted octanol–water partition coefficient (Wildman–Crippen LogP) is 3.65. The summed E-state index contributed by atoms with van der Waals surface area (Å²) in [6, 6.07) is 16.6. The van der Waals surface area contributed by atoms with Gasteiger partial charge in [-0.05, 0) is 36.8 Å². The lowest BCUT2D eigenvalue weighted by Gasteiger charge is -2.36. The number of anilines is 1. The molecule has 0 bridgehead atoms. The molecule has 1 heterocycles. The van der Waals surface area contributed by atoms with Crippen molar-refractivity contribution in [2.24, 2.45) is 0 Å². The lowest BCUT2D eigenvalue weighted by atomic mass is 10.1. The van der Waals surface area contributed by atoms with Gasteiger partial charge < -0.3 is 9.80 Å². The number of nitrogens with zero attached hydrogens (tertiary/aromatic N) is 2. The van der Waals surface area contributed by atoms with Crippen LogP contribution in [0.15, 0.2) is 53.0 Å². The number of carbonyl (C=O) groups excluding carboxylic acids is 1. The van der Waals surface area contributed by atoms with Crippen LogP contribution in [0.25, 0.3) is 0 Å². The van der Waals surface area contributed by atoms with E-state index >= 15 is 0 Å². The Balaban J connectivity index is 1.54. The van der Waals surface area contributed by atoms with Crippen molar-refractivity contribution in [1.29, 1.82) is 0 Å². The molecule has 3 nitrogen and oxygen atoms in total. The largest absolute Gasteiger partial charge is 0.368 e. The molecule has 0 unspecified atom stereocenters. The van der Waals surface area contributed by atoms with Crippen LogP contribution in [0.5, 0.6) is 0 Å². The minimum absolute atomic E-state index is 0.226. The summed E-state index contributed by atoms with van der Waals surface area (Å²) in [6.07, 6.45) is 0.499. The van der Waals surface area contributed by atoms with Gasteiger partial charge in [0.1, 0.15) is 0 Å². The first-order chi connectivity index (χ1) is 11.1. The molecule has 0 radical (unpaired) electrons. The van der Waals surface area contributed by atoms with E-state index in [4.69, 9.17) is 0 Å². The van der Waals surface area contributed by atoms with Crippen LogP contribution in [-0.4, -0.2) is 37.0 Å². The maximum Gasteiger partial charge on any atom is 0.227 e. The van der Waals surface area contributed by atoms with Gasteiger partial charge in [-0.15, -0.1) is 0 Å². The third-order valence-electron chi connectivity index (χ3n) is 4.30. The van der Waals surface area contributed by atoms with E-state index < -0.39 is 0 Å². The number of hydrogen-bond donors (Lipinski definition) is 0. The van der Waals surface area contributed by atoms with Gasteiger partial charge in [0.15, 0.2) is 0 Å². The van der Waals surface area contributed by atoms with Crippen LogP contribution in [0.1, 0.15) is 11.1 Å². The lowest BCUT2D eigenvalue weighted by molar-refractivity contribution is -0.130. The minimum atomic E-state index is 0.226. The molecule has 0 aliphatic carbocycles. The fraction of sp³-hybridized carbons (Fsp3) is 0.316. The van der Waals surface area contributed by atoms with Gasteiger partial charge in [0.2, 0.25) is 5.91 Å². The highest BCUT2D eigenvalue weighted by atomic mass is 79.9. The quantitative estimate of drug-likeness (QED) is 0.820. The van der Waals surface area contributed by atoms with E-state index in [1.165, 1.54) is 11.3 Å². The summed E-state index contributed by atoms with van der Waals surface area (Å²) in [5.41, 5.74) is 3.54. The number of carbonyl (C=O) groups is 1. The summed E-state index contributed by atoms with van der Waals surface area (Å²) >= 11 is 3.46. The maximum absolute atomic E-state index is 12.4. The van der Waals surface area contributed by atoms with Gasteiger partial charge in [-0.1, -0.05) is 45.8 Å². The van der Waals surface area contributed by atoms with Crippen molar-refractivity contribution in [2.75, 3.05) is 31.1 Å². The summed E-state index contributed by atoms with van der Waals surface area (Å²) in [5, 5.41) is 0. The number of benzene rings is 2. The van der Waals surface area contributed by atoms with Crippen molar-refractivity contribution in [3.05, 3.63) is 64.1 Å². The highest BCUT2D eigenvalue weighted by Gasteiger charge is 2.21. The van der Waals surface area contributed by atoms with E-state index in [-0.39, 0.29) is 5.91 Å². The molecular weight excluding hydrogens is 352 g/mol. The summed E-state index contributed by atoms with van der Waals surface area (Å²) < 4.78 is 1.09. The second-order valence-electron chi connectivity index (χ2n) is 6.01. The SMILES string of the molecule is Cc1ccc(CC(=O)N2CCN(c3ccc(Br)cc3)CC2)cc1. The van der Waals surface area contributed by atoms with E-state index in [9.17, 15) is 4.79 Å². The van der Waals surface area contributed by atoms with Gasteiger partial charge in [-0.2, -0.15) is 0 Å². The molecule has 0 aromatic heterocycles. The van der Waals surface area contributed by atoms with E-state index in [1.807, 2.05) is 17.0 Å². The Kier molecular flexibility index (Phi) is 5.01. The van der Waals surface area contributed by atoms with Crippen LogP contribution in [0.2, 0.25) is 0 Å². The molecule has 120 valence electrons. The average Bonchev–Trinajstić information content (AvgIpc) is 2.58. The molecule has 1 aliphatic rings. The smallest absolute Gasteiger partial charge is 0.227 e. The van der Waals surface area contributed by atoms with E-state index in [0.717, 1.165) is 36.2 Å². The molecule has 4 heteroatoms. The zero-order valence-electron chi connectivity index (χ0n) is 13.3. The Morgan fingerprint density at radius 1 is 0.957 bits per heavy atom. The highest BCUT2D eigenvalue weighted by Crippen LogP contribution is 2.20. The van der Waals surface area contributed by atoms with Crippen LogP contribution in [0, 0.1) is 6.92 Å². The van der Waals surface area contributed by atoms with Crippen LogP contribution >= 0.6 is 15.9 Å². The first kappa shape index (κ1) is 16.1. The number of piperazine rings is 1. The molecule has 23 heavy (non-hydrogen) atoms. The number of aryl methyl sites for hydroxylation is 1. The summed E-state index contributed by atoms with van der Waals surface area (Å²) in [4.78, 5) is 16.8. The van der Waals surface area contributed by atoms with Crippen LogP contribution in [-0.2, 0) is 11.2 Å². The van der Waals surface area contributed by atoms with E-state index in [0.29, 0.717) is 6.42 Å². The zero-order valence-corrected chi connectivity index (χ0v) is 14.9. The summed E-state index contributed by atoms with van der Waals surface area (Å²) in [5.74, 6) is 0.226. The molecule has 0 N–H and O–H groups in total. The maximum atomic E-state index is 12.4. The fourth-order valence-electron chi connectivity index (χ4n) is 2.86.